The lowest BCUT2D eigenvalue weighted by atomic mass is 10.1. The largest absolute Gasteiger partial charge is 0.469 e. The van der Waals surface area contributed by atoms with Crippen molar-refractivity contribution >= 4 is 5.97 Å². The van der Waals surface area contributed by atoms with Crippen molar-refractivity contribution in [2.24, 2.45) is 0 Å². The first kappa shape index (κ1) is 16.0. The molecule has 0 fully saturated rings. The van der Waals surface area contributed by atoms with E-state index in [1.54, 1.807) is 0 Å². The Labute approximate surface area is 106 Å². The molecule has 98 valence electrons. The van der Waals surface area contributed by atoms with Crippen molar-refractivity contribution in [2.75, 3.05) is 7.11 Å². The van der Waals surface area contributed by atoms with E-state index in [1.807, 2.05) is 12.2 Å². The quantitative estimate of drug-likeness (QED) is 0.303. The van der Waals surface area contributed by atoms with E-state index in [2.05, 4.69) is 17.4 Å². The van der Waals surface area contributed by atoms with Gasteiger partial charge in [0.1, 0.15) is 0 Å². The van der Waals surface area contributed by atoms with E-state index in [9.17, 15) is 4.79 Å². The summed E-state index contributed by atoms with van der Waals surface area (Å²) >= 11 is 0. The predicted octanol–water partition coefficient (Wildman–Crippen LogP) is 4.41. The maximum absolute atomic E-state index is 10.8. The Morgan fingerprint density at radius 1 is 1.00 bits per heavy atom. The van der Waals surface area contributed by atoms with Crippen molar-refractivity contribution in [3.05, 3.63) is 24.8 Å². The Morgan fingerprint density at radius 2 is 1.59 bits per heavy atom. The molecule has 0 unspecified atom stereocenters. The standard InChI is InChI=1S/C15H26O2/c1-3-4-5-6-7-8-9-10-11-12-13-14-15(16)17-2/h3,12-13H,1,4-11,14H2,2H3/b13-12+. The number of carbonyl (C=O) groups excluding carboxylic acids is 1. The minimum Gasteiger partial charge on any atom is -0.469 e. The Balaban J connectivity index is 3.12. The molecule has 17 heavy (non-hydrogen) atoms. The van der Waals surface area contributed by atoms with Crippen LogP contribution in [0.3, 0.4) is 0 Å². The Hall–Kier alpha value is -1.05. The summed E-state index contributed by atoms with van der Waals surface area (Å²) in [4.78, 5) is 10.8. The minimum absolute atomic E-state index is 0.163. The number of esters is 1. The van der Waals surface area contributed by atoms with Crippen LogP contribution in [0, 0.1) is 0 Å². The van der Waals surface area contributed by atoms with E-state index in [4.69, 9.17) is 0 Å². The van der Waals surface area contributed by atoms with Gasteiger partial charge in [-0.3, -0.25) is 4.79 Å². The molecule has 0 aromatic rings. The van der Waals surface area contributed by atoms with E-state index in [0.717, 1.165) is 12.8 Å². The second-order valence-corrected chi connectivity index (χ2v) is 4.24. The first-order valence-corrected chi connectivity index (χ1v) is 6.64. The number of hydrogen-bond donors (Lipinski definition) is 0. The van der Waals surface area contributed by atoms with Gasteiger partial charge >= 0.3 is 5.97 Å². The van der Waals surface area contributed by atoms with Crippen LogP contribution in [0.4, 0.5) is 0 Å². The highest BCUT2D eigenvalue weighted by atomic mass is 16.5. The van der Waals surface area contributed by atoms with E-state index in [-0.39, 0.29) is 5.97 Å². The van der Waals surface area contributed by atoms with Crippen molar-refractivity contribution in [1.82, 2.24) is 0 Å². The third kappa shape index (κ3) is 12.9. The van der Waals surface area contributed by atoms with Crippen molar-refractivity contribution in [3.63, 3.8) is 0 Å². The Bertz CT molecular complexity index is 219. The second kappa shape index (κ2) is 13.0. The van der Waals surface area contributed by atoms with Crippen LogP contribution in [-0.4, -0.2) is 13.1 Å². The van der Waals surface area contributed by atoms with E-state index in [1.165, 1.54) is 45.6 Å². The maximum Gasteiger partial charge on any atom is 0.309 e. The highest BCUT2D eigenvalue weighted by Gasteiger charge is 1.93. The Kier molecular flexibility index (Phi) is 12.2. The maximum atomic E-state index is 10.8. The molecule has 0 bridgehead atoms. The van der Waals surface area contributed by atoms with Crippen LogP contribution >= 0.6 is 0 Å². The van der Waals surface area contributed by atoms with Gasteiger partial charge in [-0.15, -0.1) is 6.58 Å². The van der Waals surface area contributed by atoms with Gasteiger partial charge in [0, 0.05) is 0 Å². The van der Waals surface area contributed by atoms with Crippen LogP contribution in [0.5, 0.6) is 0 Å². The van der Waals surface area contributed by atoms with Crippen LogP contribution < -0.4 is 0 Å². The number of carbonyl (C=O) groups is 1. The van der Waals surface area contributed by atoms with Gasteiger partial charge in [-0.2, -0.15) is 0 Å². The van der Waals surface area contributed by atoms with Gasteiger partial charge in [-0.1, -0.05) is 43.9 Å². The van der Waals surface area contributed by atoms with E-state index >= 15 is 0 Å². The van der Waals surface area contributed by atoms with Gasteiger partial charge in [0.15, 0.2) is 0 Å². The number of methoxy groups -OCH3 is 1. The SMILES string of the molecule is C=CCCCCCCCC/C=C/CC(=O)OC. The molecular weight excluding hydrogens is 212 g/mol. The summed E-state index contributed by atoms with van der Waals surface area (Å²) in [5.74, 6) is -0.163. The van der Waals surface area contributed by atoms with Gasteiger partial charge in [0.2, 0.25) is 0 Å². The molecule has 0 rings (SSSR count). The fraction of sp³-hybridized carbons (Fsp3) is 0.667. The second-order valence-electron chi connectivity index (χ2n) is 4.24. The Morgan fingerprint density at radius 3 is 2.18 bits per heavy atom. The van der Waals surface area contributed by atoms with Crippen LogP contribution in [-0.2, 0) is 9.53 Å². The highest BCUT2D eigenvalue weighted by molar-refractivity contribution is 5.70. The predicted molar refractivity (Wildman–Crippen MR) is 72.9 cm³/mol. The first-order chi connectivity index (χ1) is 8.31. The number of ether oxygens (including phenoxy) is 1. The number of unbranched alkanes of at least 4 members (excludes halogenated alkanes) is 7. The minimum atomic E-state index is -0.163. The summed E-state index contributed by atoms with van der Waals surface area (Å²) in [7, 11) is 1.42. The smallest absolute Gasteiger partial charge is 0.309 e. The lowest BCUT2D eigenvalue weighted by Gasteiger charge is -1.99. The van der Waals surface area contributed by atoms with Gasteiger partial charge in [-0.05, 0) is 25.7 Å². The fourth-order valence-electron chi connectivity index (χ4n) is 1.64. The third-order valence-electron chi connectivity index (χ3n) is 2.71. The highest BCUT2D eigenvalue weighted by Crippen LogP contribution is 2.09. The van der Waals surface area contributed by atoms with Gasteiger partial charge < -0.3 is 4.74 Å². The molecule has 0 amide bonds. The summed E-state index contributed by atoms with van der Waals surface area (Å²) in [6.45, 7) is 3.71. The molecule has 0 heterocycles. The topological polar surface area (TPSA) is 26.3 Å². The van der Waals surface area contributed by atoms with Crippen LogP contribution in [0.15, 0.2) is 24.8 Å². The lowest BCUT2D eigenvalue weighted by molar-refractivity contribution is -0.139. The van der Waals surface area contributed by atoms with Crippen molar-refractivity contribution in [2.45, 2.75) is 57.8 Å². The number of allylic oxidation sites excluding steroid dienone is 2. The molecule has 0 radical (unpaired) electrons. The average molecular weight is 238 g/mol. The zero-order chi connectivity index (χ0) is 12.8. The summed E-state index contributed by atoms with van der Waals surface area (Å²) in [5, 5.41) is 0. The van der Waals surface area contributed by atoms with E-state index in [0.29, 0.717) is 6.42 Å². The fourth-order valence-corrected chi connectivity index (χ4v) is 1.64. The van der Waals surface area contributed by atoms with E-state index < -0.39 is 0 Å². The normalized spacial score (nSPS) is 10.6. The van der Waals surface area contributed by atoms with Crippen molar-refractivity contribution in [3.8, 4) is 0 Å². The number of hydrogen-bond acceptors (Lipinski definition) is 2. The van der Waals surface area contributed by atoms with Gasteiger partial charge in [0.05, 0.1) is 13.5 Å². The molecular formula is C15H26O2. The third-order valence-corrected chi connectivity index (χ3v) is 2.71. The molecule has 0 aromatic heterocycles. The monoisotopic (exact) mass is 238 g/mol. The van der Waals surface area contributed by atoms with Crippen LogP contribution in [0.2, 0.25) is 0 Å². The molecule has 2 heteroatoms. The zero-order valence-corrected chi connectivity index (χ0v) is 11.1. The lowest BCUT2D eigenvalue weighted by Crippen LogP contribution is -1.96. The summed E-state index contributed by atoms with van der Waals surface area (Å²) in [6.07, 6.45) is 16.4. The summed E-state index contributed by atoms with van der Waals surface area (Å²) < 4.78 is 4.54. The first-order valence-electron chi connectivity index (χ1n) is 6.64. The molecule has 0 N–H and O–H groups in total. The molecule has 0 aromatic carbocycles. The number of rotatable bonds is 11. The van der Waals surface area contributed by atoms with Crippen molar-refractivity contribution in [1.29, 1.82) is 0 Å². The molecule has 0 aliphatic heterocycles. The molecule has 0 saturated carbocycles. The van der Waals surface area contributed by atoms with Crippen molar-refractivity contribution < 1.29 is 9.53 Å². The summed E-state index contributed by atoms with van der Waals surface area (Å²) in [5.41, 5.74) is 0. The van der Waals surface area contributed by atoms with Gasteiger partial charge in [0.25, 0.3) is 0 Å². The molecule has 2 nitrogen and oxygen atoms in total. The van der Waals surface area contributed by atoms with Crippen LogP contribution in [0.25, 0.3) is 0 Å². The molecule has 0 saturated heterocycles. The molecule has 0 aliphatic carbocycles. The molecule has 0 spiro atoms. The van der Waals surface area contributed by atoms with Gasteiger partial charge in [-0.25, -0.2) is 0 Å². The molecule has 0 aliphatic rings. The summed E-state index contributed by atoms with van der Waals surface area (Å²) in [6, 6.07) is 0. The van der Waals surface area contributed by atoms with Crippen LogP contribution in [0.1, 0.15) is 57.8 Å². The molecule has 0 atom stereocenters. The average Bonchev–Trinajstić information content (AvgIpc) is 2.35. The zero-order valence-electron chi connectivity index (χ0n) is 11.1.